The van der Waals surface area contributed by atoms with E-state index in [1.165, 1.54) is 31.7 Å². The number of hydrogen-bond donors (Lipinski definition) is 2. The van der Waals surface area contributed by atoms with Gasteiger partial charge >= 0.3 is 0 Å². The van der Waals surface area contributed by atoms with Crippen LogP contribution in [-0.2, 0) is 4.79 Å². The van der Waals surface area contributed by atoms with E-state index in [4.69, 9.17) is 0 Å². The molecule has 1 fully saturated rings. The molecule has 3 nitrogen and oxygen atoms in total. The molecular weight excluding hydrogens is 250 g/mol. The first-order valence-electron chi connectivity index (χ1n) is 6.63. The van der Waals surface area contributed by atoms with Gasteiger partial charge in [-0.1, -0.05) is 12.8 Å². The molecular formula is C14H18F2N2O. The standard InChI is InChI=1S/C14H18F2N2O/c15-12-6-5-11(9-13(12)16)18-14(19)7-8-17-10-3-1-2-4-10/h5-6,9-10,17H,1-4,7-8H2,(H,18,19). The molecule has 19 heavy (non-hydrogen) atoms. The lowest BCUT2D eigenvalue weighted by molar-refractivity contribution is -0.116. The first-order valence-corrected chi connectivity index (χ1v) is 6.63. The van der Waals surface area contributed by atoms with E-state index >= 15 is 0 Å². The number of rotatable bonds is 5. The summed E-state index contributed by atoms with van der Waals surface area (Å²) in [5.74, 6) is -2.07. The lowest BCUT2D eigenvalue weighted by Crippen LogP contribution is -2.29. The number of carbonyl (C=O) groups excluding carboxylic acids is 1. The first kappa shape index (κ1) is 13.9. The van der Waals surface area contributed by atoms with Crippen LogP contribution in [0.15, 0.2) is 18.2 Å². The van der Waals surface area contributed by atoms with Gasteiger partial charge in [0.15, 0.2) is 11.6 Å². The van der Waals surface area contributed by atoms with Crippen molar-refractivity contribution in [2.45, 2.75) is 38.1 Å². The van der Waals surface area contributed by atoms with Crippen LogP contribution in [0.1, 0.15) is 32.1 Å². The van der Waals surface area contributed by atoms with Crippen LogP contribution in [0, 0.1) is 11.6 Å². The number of carbonyl (C=O) groups is 1. The first-order chi connectivity index (χ1) is 9.15. The highest BCUT2D eigenvalue weighted by Crippen LogP contribution is 2.17. The van der Waals surface area contributed by atoms with Crippen molar-refractivity contribution in [1.29, 1.82) is 0 Å². The molecule has 2 N–H and O–H groups in total. The second kappa shape index (κ2) is 6.61. The lowest BCUT2D eigenvalue weighted by Gasteiger charge is -2.11. The van der Waals surface area contributed by atoms with Crippen LogP contribution < -0.4 is 10.6 Å². The number of nitrogens with one attached hydrogen (secondary N) is 2. The number of hydrogen-bond acceptors (Lipinski definition) is 2. The smallest absolute Gasteiger partial charge is 0.225 e. The lowest BCUT2D eigenvalue weighted by atomic mass is 10.2. The molecule has 1 saturated carbocycles. The fourth-order valence-electron chi connectivity index (χ4n) is 2.32. The van der Waals surface area contributed by atoms with Gasteiger partial charge in [0.2, 0.25) is 5.91 Å². The summed E-state index contributed by atoms with van der Waals surface area (Å²) in [5.41, 5.74) is 0.282. The average Bonchev–Trinajstić information content (AvgIpc) is 2.87. The summed E-state index contributed by atoms with van der Waals surface area (Å²) in [5, 5.41) is 5.87. The van der Waals surface area contributed by atoms with Crippen molar-refractivity contribution in [2.75, 3.05) is 11.9 Å². The Morgan fingerprint density at radius 1 is 1.21 bits per heavy atom. The highest BCUT2D eigenvalue weighted by Gasteiger charge is 2.14. The summed E-state index contributed by atoms with van der Waals surface area (Å²) in [6.07, 6.45) is 5.17. The van der Waals surface area contributed by atoms with E-state index in [-0.39, 0.29) is 11.6 Å². The Morgan fingerprint density at radius 2 is 1.95 bits per heavy atom. The average molecular weight is 268 g/mol. The molecule has 2 rings (SSSR count). The highest BCUT2D eigenvalue weighted by molar-refractivity contribution is 5.90. The number of halogens is 2. The zero-order valence-electron chi connectivity index (χ0n) is 10.7. The van der Waals surface area contributed by atoms with E-state index < -0.39 is 11.6 Å². The third kappa shape index (κ3) is 4.28. The molecule has 0 bridgehead atoms. The van der Waals surface area contributed by atoms with Crippen molar-refractivity contribution < 1.29 is 13.6 Å². The summed E-state index contributed by atoms with van der Waals surface area (Å²) in [4.78, 5) is 11.6. The van der Waals surface area contributed by atoms with Crippen LogP contribution >= 0.6 is 0 Å². The van der Waals surface area contributed by atoms with E-state index in [0.29, 0.717) is 19.0 Å². The van der Waals surface area contributed by atoms with Crippen LogP contribution in [0.4, 0.5) is 14.5 Å². The molecule has 0 atom stereocenters. The summed E-state index contributed by atoms with van der Waals surface area (Å²) in [6, 6.07) is 3.86. The Morgan fingerprint density at radius 3 is 2.63 bits per heavy atom. The molecule has 0 aliphatic heterocycles. The van der Waals surface area contributed by atoms with Crippen molar-refractivity contribution >= 4 is 11.6 Å². The van der Waals surface area contributed by atoms with Gasteiger partial charge in [0.25, 0.3) is 0 Å². The van der Waals surface area contributed by atoms with Gasteiger partial charge in [-0.15, -0.1) is 0 Å². The Hall–Kier alpha value is -1.49. The molecule has 1 aliphatic rings. The second-order valence-electron chi connectivity index (χ2n) is 4.86. The summed E-state index contributed by atoms with van der Waals surface area (Å²) >= 11 is 0. The highest BCUT2D eigenvalue weighted by atomic mass is 19.2. The van der Waals surface area contributed by atoms with E-state index in [1.54, 1.807) is 0 Å². The minimum absolute atomic E-state index is 0.198. The Balaban J connectivity index is 1.72. The molecule has 104 valence electrons. The molecule has 0 heterocycles. The molecule has 0 saturated heterocycles. The maximum Gasteiger partial charge on any atom is 0.225 e. The third-order valence-corrected chi connectivity index (χ3v) is 3.34. The van der Waals surface area contributed by atoms with Crippen molar-refractivity contribution in [3.05, 3.63) is 29.8 Å². The molecule has 1 aromatic carbocycles. The Labute approximate surface area is 111 Å². The maximum absolute atomic E-state index is 12.9. The van der Waals surface area contributed by atoms with Gasteiger partial charge in [0.05, 0.1) is 0 Å². The molecule has 5 heteroatoms. The van der Waals surface area contributed by atoms with Crippen LogP contribution in [0.3, 0.4) is 0 Å². The predicted octanol–water partition coefficient (Wildman–Crippen LogP) is 2.83. The van der Waals surface area contributed by atoms with Gasteiger partial charge in [-0.25, -0.2) is 8.78 Å². The number of benzene rings is 1. The predicted molar refractivity (Wildman–Crippen MR) is 69.9 cm³/mol. The van der Waals surface area contributed by atoms with Gasteiger partial charge < -0.3 is 10.6 Å². The van der Waals surface area contributed by atoms with Crippen molar-refractivity contribution in [2.24, 2.45) is 0 Å². The zero-order chi connectivity index (χ0) is 13.7. The molecule has 0 radical (unpaired) electrons. The minimum atomic E-state index is -0.957. The van der Waals surface area contributed by atoms with Crippen molar-refractivity contribution in [3.8, 4) is 0 Å². The van der Waals surface area contributed by atoms with Crippen molar-refractivity contribution in [3.63, 3.8) is 0 Å². The molecule has 0 unspecified atom stereocenters. The number of anilines is 1. The van der Waals surface area contributed by atoms with Gasteiger partial charge in [-0.05, 0) is 25.0 Å². The maximum atomic E-state index is 12.9. The number of amides is 1. The topological polar surface area (TPSA) is 41.1 Å². The minimum Gasteiger partial charge on any atom is -0.326 e. The van der Waals surface area contributed by atoms with Gasteiger partial charge in [-0.2, -0.15) is 0 Å². The summed E-state index contributed by atoms with van der Waals surface area (Å²) < 4.78 is 25.7. The summed E-state index contributed by atoms with van der Waals surface area (Å²) in [6.45, 7) is 0.611. The fourth-order valence-corrected chi connectivity index (χ4v) is 2.32. The van der Waals surface area contributed by atoms with Crippen LogP contribution in [0.5, 0.6) is 0 Å². The SMILES string of the molecule is O=C(CCNC1CCCC1)Nc1ccc(F)c(F)c1. The van der Waals surface area contributed by atoms with Crippen LogP contribution in [0.2, 0.25) is 0 Å². The summed E-state index contributed by atoms with van der Waals surface area (Å²) in [7, 11) is 0. The van der Waals surface area contributed by atoms with Gasteiger partial charge in [-0.3, -0.25) is 4.79 Å². The van der Waals surface area contributed by atoms with E-state index in [2.05, 4.69) is 10.6 Å². The fraction of sp³-hybridized carbons (Fsp3) is 0.500. The second-order valence-corrected chi connectivity index (χ2v) is 4.86. The van der Waals surface area contributed by atoms with Gasteiger partial charge in [0, 0.05) is 30.8 Å². The van der Waals surface area contributed by atoms with Crippen LogP contribution in [0.25, 0.3) is 0 Å². The Bertz CT molecular complexity index is 445. The molecule has 1 aliphatic carbocycles. The molecule has 1 amide bonds. The largest absolute Gasteiger partial charge is 0.326 e. The molecule has 1 aromatic rings. The van der Waals surface area contributed by atoms with E-state index in [0.717, 1.165) is 12.1 Å². The quantitative estimate of drug-likeness (QED) is 0.862. The van der Waals surface area contributed by atoms with Crippen LogP contribution in [-0.4, -0.2) is 18.5 Å². The third-order valence-electron chi connectivity index (χ3n) is 3.34. The molecule has 0 aromatic heterocycles. The van der Waals surface area contributed by atoms with Gasteiger partial charge in [0.1, 0.15) is 0 Å². The molecule has 0 spiro atoms. The van der Waals surface area contributed by atoms with Crippen molar-refractivity contribution in [1.82, 2.24) is 5.32 Å². The monoisotopic (exact) mass is 268 g/mol. The van der Waals surface area contributed by atoms with E-state index in [9.17, 15) is 13.6 Å². The zero-order valence-corrected chi connectivity index (χ0v) is 10.7. The normalized spacial score (nSPS) is 15.7. The Kier molecular flexibility index (Phi) is 4.85. The van der Waals surface area contributed by atoms with E-state index in [1.807, 2.05) is 0 Å².